The maximum Gasteiger partial charge on any atom is 0.414 e. The molecule has 0 radical (unpaired) electrons. The fourth-order valence-electron chi connectivity index (χ4n) is 0.354. The van der Waals surface area contributed by atoms with E-state index in [4.69, 9.17) is 24.9 Å². The van der Waals surface area contributed by atoms with Crippen LogP contribution in [0.1, 0.15) is 0 Å². The van der Waals surface area contributed by atoms with Crippen LogP contribution in [0.15, 0.2) is 24.5 Å². The molecule has 3 N–H and O–H groups in total. The summed E-state index contributed by atoms with van der Waals surface area (Å²) >= 11 is 0. The molecule has 0 saturated carbocycles. The van der Waals surface area contributed by atoms with Crippen molar-refractivity contribution in [3.05, 3.63) is 24.5 Å². The third-order valence-corrected chi connectivity index (χ3v) is 0.829. The Hall–Kier alpha value is -2.11. The summed E-state index contributed by atoms with van der Waals surface area (Å²) in [6, 6.07) is 3.25. The summed E-state index contributed by atoms with van der Waals surface area (Å²) in [5.41, 5.74) is 0. The topological polar surface area (TPSA) is 108 Å². The van der Waals surface area contributed by atoms with Crippen LogP contribution < -0.4 is 0 Å². The molecule has 0 spiro atoms. The summed E-state index contributed by atoms with van der Waals surface area (Å²) < 4.78 is 0. The van der Waals surface area contributed by atoms with E-state index in [0.29, 0.717) is 0 Å². The first-order valence-corrected chi connectivity index (χ1v) is 3.09. The Bertz CT molecular complexity index is 272. The van der Waals surface area contributed by atoms with Gasteiger partial charge in [-0.05, 0) is 12.1 Å². The van der Waals surface area contributed by atoms with E-state index in [1.54, 1.807) is 18.3 Å². The number of pyridine rings is 1. The molecule has 0 saturated heterocycles. The zero-order chi connectivity index (χ0) is 10.3. The van der Waals surface area contributed by atoms with E-state index in [1.807, 2.05) is 0 Å². The van der Waals surface area contributed by atoms with E-state index in [9.17, 15) is 0 Å². The predicted octanol–water partition coefficient (Wildman–Crippen LogP) is -0.0572. The van der Waals surface area contributed by atoms with Crippen molar-refractivity contribution in [3.8, 4) is 5.75 Å². The van der Waals surface area contributed by atoms with Gasteiger partial charge in [0.05, 0.1) is 6.20 Å². The predicted molar refractivity (Wildman–Crippen MR) is 41.2 cm³/mol. The lowest BCUT2D eigenvalue weighted by molar-refractivity contribution is -0.159. The molecule has 1 aromatic rings. The number of rotatable bonds is 0. The van der Waals surface area contributed by atoms with Gasteiger partial charge < -0.3 is 15.3 Å². The Labute approximate surface area is 73.1 Å². The molecule has 6 nitrogen and oxygen atoms in total. The van der Waals surface area contributed by atoms with Gasteiger partial charge in [0.2, 0.25) is 0 Å². The molecular weight excluding hydrogens is 178 g/mol. The lowest BCUT2D eigenvalue weighted by Crippen LogP contribution is -2.09. The molecule has 0 atom stereocenters. The zero-order valence-corrected chi connectivity index (χ0v) is 6.41. The van der Waals surface area contributed by atoms with Crippen molar-refractivity contribution in [1.82, 2.24) is 4.98 Å². The van der Waals surface area contributed by atoms with Crippen molar-refractivity contribution in [2.24, 2.45) is 0 Å². The monoisotopic (exact) mass is 185 g/mol. The van der Waals surface area contributed by atoms with E-state index < -0.39 is 11.9 Å². The summed E-state index contributed by atoms with van der Waals surface area (Å²) in [5.74, 6) is -3.44. The highest BCUT2D eigenvalue weighted by atomic mass is 16.4. The summed E-state index contributed by atoms with van der Waals surface area (Å²) in [4.78, 5) is 21.8. The van der Waals surface area contributed by atoms with Crippen molar-refractivity contribution in [2.75, 3.05) is 0 Å². The smallest absolute Gasteiger partial charge is 0.414 e. The number of hydrogen-bond donors (Lipinski definition) is 3. The molecule has 13 heavy (non-hydrogen) atoms. The molecular formula is C7H7NO5. The van der Waals surface area contributed by atoms with Gasteiger partial charge in [0.1, 0.15) is 5.75 Å². The molecule has 6 heteroatoms. The maximum absolute atomic E-state index is 9.10. The number of aromatic hydroxyl groups is 1. The summed E-state index contributed by atoms with van der Waals surface area (Å²) in [6.07, 6.45) is 3.00. The third kappa shape index (κ3) is 6.29. The maximum atomic E-state index is 9.10. The number of carbonyl (C=O) groups is 2. The first-order valence-electron chi connectivity index (χ1n) is 3.09. The van der Waals surface area contributed by atoms with Gasteiger partial charge in [-0.25, -0.2) is 9.59 Å². The minimum absolute atomic E-state index is 0.211. The minimum Gasteiger partial charge on any atom is -0.506 e. The second kappa shape index (κ2) is 5.53. The highest BCUT2D eigenvalue weighted by Crippen LogP contribution is 1.99. The molecule has 0 aliphatic rings. The number of carboxylic acid groups (broad SMARTS) is 2. The average molecular weight is 185 g/mol. The molecule has 1 heterocycles. The summed E-state index contributed by atoms with van der Waals surface area (Å²) in [5, 5.41) is 23.4. The molecule has 0 fully saturated rings. The van der Waals surface area contributed by atoms with Crippen LogP contribution in [0.2, 0.25) is 0 Å². The van der Waals surface area contributed by atoms with E-state index in [2.05, 4.69) is 4.98 Å². The average Bonchev–Trinajstić information content (AvgIpc) is 2.06. The lowest BCUT2D eigenvalue weighted by atomic mass is 10.5. The molecule has 70 valence electrons. The molecule has 0 unspecified atom stereocenters. The van der Waals surface area contributed by atoms with Crippen LogP contribution in [0.4, 0.5) is 0 Å². The molecule has 0 aromatic carbocycles. The molecule has 1 rings (SSSR count). The van der Waals surface area contributed by atoms with Gasteiger partial charge in [-0.2, -0.15) is 0 Å². The van der Waals surface area contributed by atoms with E-state index in [-0.39, 0.29) is 5.75 Å². The fourth-order valence-corrected chi connectivity index (χ4v) is 0.354. The number of hydrogen-bond acceptors (Lipinski definition) is 4. The first-order chi connectivity index (χ1) is 6.04. The van der Waals surface area contributed by atoms with Crippen LogP contribution in [-0.4, -0.2) is 32.2 Å². The number of aromatic nitrogens is 1. The third-order valence-electron chi connectivity index (χ3n) is 0.829. The Morgan fingerprint density at radius 1 is 1.23 bits per heavy atom. The van der Waals surface area contributed by atoms with Crippen LogP contribution >= 0.6 is 0 Å². The van der Waals surface area contributed by atoms with Crippen LogP contribution in [0.5, 0.6) is 5.75 Å². The van der Waals surface area contributed by atoms with E-state index >= 15 is 0 Å². The van der Waals surface area contributed by atoms with Crippen LogP contribution in [0.3, 0.4) is 0 Å². The van der Waals surface area contributed by atoms with Crippen molar-refractivity contribution < 1.29 is 24.9 Å². The Morgan fingerprint density at radius 2 is 1.77 bits per heavy atom. The Balaban J connectivity index is 0.000000226. The van der Waals surface area contributed by atoms with E-state index in [0.717, 1.165) is 0 Å². The summed E-state index contributed by atoms with van der Waals surface area (Å²) in [7, 11) is 0. The lowest BCUT2D eigenvalue weighted by Gasteiger charge is -1.81. The number of nitrogens with zero attached hydrogens (tertiary/aromatic N) is 1. The number of aliphatic carboxylic acids is 2. The molecule has 0 bridgehead atoms. The van der Waals surface area contributed by atoms with E-state index in [1.165, 1.54) is 6.20 Å². The summed E-state index contributed by atoms with van der Waals surface area (Å²) in [6.45, 7) is 0. The van der Waals surface area contributed by atoms with Gasteiger partial charge in [-0.1, -0.05) is 0 Å². The van der Waals surface area contributed by atoms with Crippen molar-refractivity contribution in [3.63, 3.8) is 0 Å². The molecule has 0 aliphatic heterocycles. The quantitative estimate of drug-likeness (QED) is 0.489. The largest absolute Gasteiger partial charge is 0.506 e. The second-order valence-electron chi connectivity index (χ2n) is 1.82. The van der Waals surface area contributed by atoms with Crippen LogP contribution in [-0.2, 0) is 9.59 Å². The Kier molecular flexibility index (Phi) is 4.63. The first kappa shape index (κ1) is 10.9. The Morgan fingerprint density at radius 3 is 1.92 bits per heavy atom. The molecule has 1 aromatic heterocycles. The van der Waals surface area contributed by atoms with Gasteiger partial charge in [-0.15, -0.1) is 0 Å². The highest BCUT2D eigenvalue weighted by Gasteiger charge is 2.04. The minimum atomic E-state index is -1.82. The fraction of sp³-hybridized carbons (Fsp3) is 0. The van der Waals surface area contributed by atoms with Gasteiger partial charge in [0, 0.05) is 6.20 Å². The molecule has 0 aliphatic carbocycles. The van der Waals surface area contributed by atoms with Crippen LogP contribution in [0.25, 0.3) is 0 Å². The van der Waals surface area contributed by atoms with Gasteiger partial charge in [0.25, 0.3) is 0 Å². The molecule has 0 amide bonds. The highest BCUT2D eigenvalue weighted by molar-refractivity contribution is 6.27. The van der Waals surface area contributed by atoms with Crippen molar-refractivity contribution >= 4 is 11.9 Å². The zero-order valence-electron chi connectivity index (χ0n) is 6.41. The van der Waals surface area contributed by atoms with Crippen molar-refractivity contribution in [2.45, 2.75) is 0 Å². The van der Waals surface area contributed by atoms with Gasteiger partial charge in [0.15, 0.2) is 0 Å². The van der Waals surface area contributed by atoms with Crippen molar-refractivity contribution in [1.29, 1.82) is 0 Å². The van der Waals surface area contributed by atoms with Crippen LogP contribution in [0, 0.1) is 0 Å². The van der Waals surface area contributed by atoms with Gasteiger partial charge in [-0.3, -0.25) is 4.98 Å². The second-order valence-corrected chi connectivity index (χ2v) is 1.82. The normalized spacial score (nSPS) is 8.00. The SMILES string of the molecule is O=C(O)C(=O)O.Oc1cccnc1. The number of carboxylic acids is 2. The van der Waals surface area contributed by atoms with Gasteiger partial charge >= 0.3 is 11.9 Å². The standard InChI is InChI=1S/C5H5NO.C2H2O4/c7-5-2-1-3-6-4-5;3-1(4)2(5)6/h1-4,7H;(H,3,4)(H,5,6).